The van der Waals surface area contributed by atoms with E-state index in [9.17, 15) is 8.42 Å². The molecule has 5 N–H and O–H groups in total. The summed E-state index contributed by atoms with van der Waals surface area (Å²) in [6, 6.07) is 4.72. The third kappa shape index (κ3) is 3.76. The number of primary sulfonamides is 1. The number of sulfonamides is 1. The molecule has 94 valence electrons. The molecule has 0 unspecified atom stereocenters. The van der Waals surface area contributed by atoms with Crippen LogP contribution in [0.3, 0.4) is 0 Å². The van der Waals surface area contributed by atoms with Crippen molar-refractivity contribution in [3.63, 3.8) is 0 Å². The molecular weight excluding hydrogens is 238 g/mol. The van der Waals surface area contributed by atoms with Gasteiger partial charge in [0.25, 0.3) is 0 Å². The third-order valence-electron chi connectivity index (χ3n) is 2.23. The minimum atomic E-state index is -3.77. The van der Waals surface area contributed by atoms with Gasteiger partial charge in [0.15, 0.2) is 0 Å². The highest BCUT2D eigenvalue weighted by Gasteiger charge is 2.14. The second-order valence-electron chi connectivity index (χ2n) is 3.55. The Morgan fingerprint density at radius 2 is 2.12 bits per heavy atom. The average molecular weight is 255 g/mol. The van der Waals surface area contributed by atoms with Crippen LogP contribution in [0.2, 0.25) is 0 Å². The van der Waals surface area contributed by atoms with E-state index in [-0.39, 0.29) is 10.6 Å². The Hall–Kier alpha value is -1.53. The van der Waals surface area contributed by atoms with Crippen LogP contribution in [0.1, 0.15) is 13.3 Å². The van der Waals surface area contributed by atoms with E-state index in [1.54, 1.807) is 12.1 Å². The maximum Gasteiger partial charge on any atom is 0.240 e. The van der Waals surface area contributed by atoms with Crippen LogP contribution >= 0.6 is 0 Å². The molecule has 6 heteroatoms. The first-order chi connectivity index (χ1) is 7.96. The van der Waals surface area contributed by atoms with E-state index in [2.05, 4.69) is 5.32 Å². The number of hydrogen-bond acceptors (Lipinski definition) is 4. The molecule has 1 aromatic rings. The number of nitrogen functional groups attached to an aromatic ring is 1. The number of para-hydroxylation sites is 1. The monoisotopic (exact) mass is 255 g/mol. The van der Waals surface area contributed by atoms with Gasteiger partial charge in [-0.3, -0.25) is 0 Å². The van der Waals surface area contributed by atoms with Crippen LogP contribution in [0.5, 0.6) is 0 Å². The van der Waals surface area contributed by atoms with Crippen LogP contribution in [-0.2, 0) is 10.0 Å². The van der Waals surface area contributed by atoms with Crippen LogP contribution < -0.4 is 16.2 Å². The van der Waals surface area contributed by atoms with E-state index in [4.69, 9.17) is 10.9 Å². The van der Waals surface area contributed by atoms with E-state index in [0.29, 0.717) is 12.2 Å². The molecule has 0 aliphatic carbocycles. The molecule has 0 aliphatic heterocycles. The van der Waals surface area contributed by atoms with Crippen molar-refractivity contribution in [3.05, 3.63) is 30.4 Å². The number of benzene rings is 1. The Morgan fingerprint density at radius 3 is 2.71 bits per heavy atom. The predicted octanol–water partition coefficient (Wildman–Crippen LogP) is 1.29. The van der Waals surface area contributed by atoms with Gasteiger partial charge in [-0.15, -0.1) is 0 Å². The highest BCUT2D eigenvalue weighted by atomic mass is 32.2. The van der Waals surface area contributed by atoms with E-state index in [1.165, 1.54) is 6.07 Å². The van der Waals surface area contributed by atoms with Crippen molar-refractivity contribution in [1.82, 2.24) is 0 Å². The lowest BCUT2D eigenvalue weighted by molar-refractivity contribution is 0.598. The Kier molecular flexibility index (Phi) is 4.53. The summed E-state index contributed by atoms with van der Waals surface area (Å²) in [6.07, 6.45) is 4.80. The molecule has 0 saturated heterocycles. The largest absolute Gasteiger partial charge is 0.396 e. The zero-order valence-electron chi connectivity index (χ0n) is 9.68. The molecule has 0 spiro atoms. The van der Waals surface area contributed by atoms with Crippen LogP contribution in [0.25, 0.3) is 0 Å². The summed E-state index contributed by atoms with van der Waals surface area (Å²) in [6.45, 7) is 2.62. The predicted molar refractivity (Wildman–Crippen MR) is 70.1 cm³/mol. The molecule has 0 fully saturated rings. The Bertz CT molecular complexity index is 509. The number of rotatable bonds is 5. The van der Waals surface area contributed by atoms with Crippen molar-refractivity contribution in [2.45, 2.75) is 18.2 Å². The van der Waals surface area contributed by atoms with E-state index in [0.717, 1.165) is 6.42 Å². The van der Waals surface area contributed by atoms with Crippen molar-refractivity contribution in [3.8, 4) is 0 Å². The van der Waals surface area contributed by atoms with E-state index in [1.807, 2.05) is 19.1 Å². The molecule has 1 aromatic carbocycles. The van der Waals surface area contributed by atoms with Gasteiger partial charge >= 0.3 is 0 Å². The quantitative estimate of drug-likeness (QED) is 0.419. The molecule has 0 heterocycles. The summed E-state index contributed by atoms with van der Waals surface area (Å²) in [4.78, 5) is -0.0477. The number of allylic oxidation sites excluding steroid dienone is 1. The standard InChI is InChI=1S/C11H17N3O2S/c1-2-3-4-8-14-9-6-5-7-10(11(9)12)17(13,15)16/h2-3,5-7,14H,4,8,12H2,1H3,(H2,13,15,16)/b3-2+. The fourth-order valence-electron chi connectivity index (χ4n) is 1.40. The van der Waals surface area contributed by atoms with Crippen LogP contribution in [0.15, 0.2) is 35.2 Å². The van der Waals surface area contributed by atoms with Gasteiger partial charge in [0.1, 0.15) is 4.90 Å². The first-order valence-electron chi connectivity index (χ1n) is 5.23. The molecule has 0 aromatic heterocycles. The normalized spacial score (nSPS) is 11.9. The second kappa shape index (κ2) is 5.70. The molecule has 0 bridgehead atoms. The summed E-state index contributed by atoms with van der Waals surface area (Å²) < 4.78 is 22.5. The minimum Gasteiger partial charge on any atom is -0.396 e. The molecular formula is C11H17N3O2S. The van der Waals surface area contributed by atoms with Gasteiger partial charge in [-0.25, -0.2) is 13.6 Å². The zero-order valence-corrected chi connectivity index (χ0v) is 10.5. The topological polar surface area (TPSA) is 98.2 Å². The van der Waals surface area contributed by atoms with Crippen LogP contribution in [0, 0.1) is 0 Å². The number of anilines is 2. The lowest BCUT2D eigenvalue weighted by atomic mass is 10.2. The highest BCUT2D eigenvalue weighted by molar-refractivity contribution is 7.89. The Labute approximate surface area is 102 Å². The van der Waals surface area contributed by atoms with Crippen molar-refractivity contribution in [1.29, 1.82) is 0 Å². The lowest BCUT2D eigenvalue weighted by Crippen LogP contribution is -2.15. The molecule has 5 nitrogen and oxygen atoms in total. The second-order valence-corrected chi connectivity index (χ2v) is 5.08. The highest BCUT2D eigenvalue weighted by Crippen LogP contribution is 2.25. The van der Waals surface area contributed by atoms with Crippen molar-refractivity contribution >= 4 is 21.4 Å². The Balaban J connectivity index is 2.88. The number of hydrogen-bond donors (Lipinski definition) is 3. The molecule has 0 atom stereocenters. The SMILES string of the molecule is C/C=C/CCNc1cccc(S(N)(=O)=O)c1N. The van der Waals surface area contributed by atoms with E-state index < -0.39 is 10.0 Å². The number of nitrogens with two attached hydrogens (primary N) is 2. The first-order valence-corrected chi connectivity index (χ1v) is 6.77. The molecule has 17 heavy (non-hydrogen) atoms. The van der Waals surface area contributed by atoms with E-state index >= 15 is 0 Å². The molecule has 0 saturated carbocycles. The molecule has 0 radical (unpaired) electrons. The molecule has 1 rings (SSSR count). The van der Waals surface area contributed by atoms with Gasteiger partial charge in [0.2, 0.25) is 10.0 Å². The third-order valence-corrected chi connectivity index (χ3v) is 3.20. The smallest absolute Gasteiger partial charge is 0.240 e. The summed E-state index contributed by atoms with van der Waals surface area (Å²) in [5.74, 6) is 0. The zero-order chi connectivity index (χ0) is 12.9. The molecule has 0 amide bonds. The summed E-state index contributed by atoms with van der Waals surface area (Å²) >= 11 is 0. The van der Waals surface area contributed by atoms with Crippen molar-refractivity contribution in [2.75, 3.05) is 17.6 Å². The fraction of sp³-hybridized carbons (Fsp3) is 0.273. The summed E-state index contributed by atoms with van der Waals surface area (Å²) in [5.41, 5.74) is 6.49. The van der Waals surface area contributed by atoms with Gasteiger partial charge in [0, 0.05) is 6.54 Å². The first kappa shape index (κ1) is 13.5. The van der Waals surface area contributed by atoms with Gasteiger partial charge in [-0.1, -0.05) is 18.2 Å². The summed E-state index contributed by atoms with van der Waals surface area (Å²) in [5, 5.41) is 8.12. The fourth-order valence-corrected chi connectivity index (χ4v) is 2.09. The molecule has 0 aliphatic rings. The van der Waals surface area contributed by atoms with Crippen molar-refractivity contribution < 1.29 is 8.42 Å². The average Bonchev–Trinajstić information content (AvgIpc) is 2.25. The Morgan fingerprint density at radius 1 is 1.41 bits per heavy atom. The summed E-state index contributed by atoms with van der Waals surface area (Å²) in [7, 11) is -3.77. The van der Waals surface area contributed by atoms with Crippen LogP contribution in [-0.4, -0.2) is 15.0 Å². The van der Waals surface area contributed by atoms with Gasteiger partial charge in [0.05, 0.1) is 11.4 Å². The minimum absolute atomic E-state index is 0.0477. The van der Waals surface area contributed by atoms with Crippen molar-refractivity contribution in [2.24, 2.45) is 5.14 Å². The number of nitrogens with one attached hydrogen (secondary N) is 1. The van der Waals surface area contributed by atoms with Gasteiger partial charge < -0.3 is 11.1 Å². The lowest BCUT2D eigenvalue weighted by Gasteiger charge is -2.11. The van der Waals surface area contributed by atoms with Crippen LogP contribution in [0.4, 0.5) is 11.4 Å². The maximum absolute atomic E-state index is 11.2. The maximum atomic E-state index is 11.2. The van der Waals surface area contributed by atoms with Gasteiger partial charge in [-0.05, 0) is 25.5 Å². The van der Waals surface area contributed by atoms with Gasteiger partial charge in [-0.2, -0.15) is 0 Å².